The Kier molecular flexibility index (Phi) is 6.28. The maximum absolute atomic E-state index is 12.4. The van der Waals surface area contributed by atoms with Crippen LogP contribution in [-0.2, 0) is 30.2 Å². The van der Waals surface area contributed by atoms with Crippen LogP contribution in [0.15, 0.2) is 46.1 Å². The van der Waals surface area contributed by atoms with E-state index in [0.717, 1.165) is 5.56 Å². The molecule has 1 aromatic carbocycles. The largest absolute Gasteiger partial charge is 0.463 e. The number of aromatic amines is 1. The molecule has 9 nitrogen and oxygen atoms in total. The number of carbonyl (C=O) groups excluding carboxylic acids is 2. The number of nitrogens with one attached hydrogen (secondary N) is 1. The molecule has 0 bridgehead atoms. The van der Waals surface area contributed by atoms with Crippen molar-refractivity contribution < 1.29 is 23.8 Å². The van der Waals surface area contributed by atoms with Crippen LogP contribution in [0.4, 0.5) is 0 Å². The molecular formula is C20H22N2O7. The fraction of sp³-hybridized carbons (Fsp3) is 0.400. The number of benzene rings is 1. The molecule has 0 radical (unpaired) electrons. The minimum absolute atomic E-state index is 0.0292. The van der Waals surface area contributed by atoms with Gasteiger partial charge in [-0.25, -0.2) is 4.79 Å². The average Bonchev–Trinajstić information content (AvgIpc) is 3.05. The quantitative estimate of drug-likeness (QED) is 0.714. The molecule has 154 valence electrons. The molecule has 1 aromatic heterocycles. The third-order valence-electron chi connectivity index (χ3n) is 4.49. The van der Waals surface area contributed by atoms with Crippen molar-refractivity contribution in [2.24, 2.45) is 0 Å². The lowest BCUT2D eigenvalue weighted by Gasteiger charge is -2.21. The molecule has 3 atom stereocenters. The van der Waals surface area contributed by atoms with Crippen LogP contribution in [0.1, 0.15) is 37.6 Å². The van der Waals surface area contributed by atoms with Gasteiger partial charge >= 0.3 is 17.6 Å². The topological polar surface area (TPSA) is 117 Å². The molecule has 1 fully saturated rings. The lowest BCUT2D eigenvalue weighted by molar-refractivity contribution is -0.153. The smallest absolute Gasteiger partial charge is 0.330 e. The molecule has 0 spiro atoms. The van der Waals surface area contributed by atoms with Crippen molar-refractivity contribution in [3.8, 4) is 0 Å². The molecule has 9 heteroatoms. The molecule has 0 amide bonds. The van der Waals surface area contributed by atoms with Crippen molar-refractivity contribution in [2.75, 3.05) is 6.61 Å². The second-order valence-corrected chi connectivity index (χ2v) is 6.82. The standard InChI is InChI=1S/C20H22N2O7/c1-12(23)27-11-16-9-17(28-13(2)24)19(29-16)22-10-15(18(25)21-20(22)26)8-14-6-4-3-5-7-14/h3-7,10,16-17,19H,8-9,11H2,1-2H3,(H,21,25,26)/t16-,17-,19-/m1/s1. The SMILES string of the molecule is CC(=O)OC[C@H]1C[C@@H](OC(C)=O)[C@H](n2cc(Cc3ccccc3)c(=O)[nH]c2=O)O1. The van der Waals surface area contributed by atoms with Crippen LogP contribution in [0.25, 0.3) is 0 Å². The molecule has 1 saturated heterocycles. The van der Waals surface area contributed by atoms with E-state index in [9.17, 15) is 19.2 Å². The van der Waals surface area contributed by atoms with Crippen molar-refractivity contribution in [2.45, 2.75) is 45.1 Å². The maximum Gasteiger partial charge on any atom is 0.330 e. The molecule has 29 heavy (non-hydrogen) atoms. The molecule has 2 heterocycles. The highest BCUT2D eigenvalue weighted by molar-refractivity contribution is 5.66. The van der Waals surface area contributed by atoms with Gasteiger partial charge in [0.15, 0.2) is 6.23 Å². The Hall–Kier alpha value is -3.20. The van der Waals surface area contributed by atoms with E-state index in [1.165, 1.54) is 24.6 Å². The van der Waals surface area contributed by atoms with Gasteiger partial charge in [0.25, 0.3) is 5.56 Å². The molecule has 0 unspecified atom stereocenters. The van der Waals surface area contributed by atoms with Gasteiger partial charge in [0.2, 0.25) is 0 Å². The van der Waals surface area contributed by atoms with Crippen LogP contribution in [0.3, 0.4) is 0 Å². The predicted octanol–water partition coefficient (Wildman–Crippen LogP) is 0.910. The van der Waals surface area contributed by atoms with E-state index < -0.39 is 41.6 Å². The third kappa shape index (κ3) is 5.20. The van der Waals surface area contributed by atoms with Crippen molar-refractivity contribution in [1.82, 2.24) is 9.55 Å². The van der Waals surface area contributed by atoms with Gasteiger partial charge in [-0.1, -0.05) is 30.3 Å². The summed E-state index contributed by atoms with van der Waals surface area (Å²) >= 11 is 0. The number of ether oxygens (including phenoxy) is 3. The minimum atomic E-state index is -0.946. The average molecular weight is 402 g/mol. The fourth-order valence-electron chi connectivity index (χ4n) is 3.26. The summed E-state index contributed by atoms with van der Waals surface area (Å²) in [4.78, 5) is 49.5. The Bertz CT molecular complexity index is 996. The first-order valence-corrected chi connectivity index (χ1v) is 9.18. The number of H-pyrrole nitrogens is 1. The Morgan fingerprint density at radius 2 is 1.90 bits per heavy atom. The van der Waals surface area contributed by atoms with Crippen LogP contribution < -0.4 is 11.2 Å². The minimum Gasteiger partial charge on any atom is -0.463 e. The van der Waals surface area contributed by atoms with Crippen molar-refractivity contribution in [3.63, 3.8) is 0 Å². The van der Waals surface area contributed by atoms with E-state index in [-0.39, 0.29) is 13.0 Å². The first-order chi connectivity index (χ1) is 13.8. The number of hydrogen-bond donors (Lipinski definition) is 1. The van der Waals surface area contributed by atoms with Crippen LogP contribution in [-0.4, -0.2) is 40.3 Å². The third-order valence-corrected chi connectivity index (χ3v) is 4.49. The molecule has 0 aliphatic carbocycles. The summed E-state index contributed by atoms with van der Waals surface area (Å²) in [6, 6.07) is 9.33. The number of nitrogens with zero attached hydrogens (tertiary/aromatic N) is 1. The summed E-state index contributed by atoms with van der Waals surface area (Å²) in [6.45, 7) is 2.50. The van der Waals surface area contributed by atoms with E-state index in [1.54, 1.807) is 0 Å². The van der Waals surface area contributed by atoms with Crippen molar-refractivity contribution >= 4 is 11.9 Å². The van der Waals surface area contributed by atoms with Gasteiger partial charge in [-0.2, -0.15) is 0 Å². The van der Waals surface area contributed by atoms with Gasteiger partial charge in [0, 0.05) is 38.4 Å². The van der Waals surface area contributed by atoms with Crippen LogP contribution in [0, 0.1) is 0 Å². The normalized spacial score (nSPS) is 21.0. The predicted molar refractivity (Wildman–Crippen MR) is 101 cm³/mol. The second kappa shape index (κ2) is 8.87. The summed E-state index contributed by atoms with van der Waals surface area (Å²) in [5, 5.41) is 0. The number of rotatable bonds is 6. The molecule has 0 saturated carbocycles. The summed E-state index contributed by atoms with van der Waals surface area (Å²) in [6.07, 6.45) is -0.275. The molecule has 3 rings (SSSR count). The first-order valence-electron chi connectivity index (χ1n) is 9.18. The van der Waals surface area contributed by atoms with Crippen molar-refractivity contribution in [3.05, 3.63) is 68.5 Å². The zero-order chi connectivity index (χ0) is 21.0. The van der Waals surface area contributed by atoms with E-state index in [2.05, 4.69) is 4.98 Å². The Morgan fingerprint density at radius 1 is 1.17 bits per heavy atom. The highest BCUT2D eigenvalue weighted by atomic mass is 16.6. The highest BCUT2D eigenvalue weighted by Gasteiger charge is 2.40. The maximum atomic E-state index is 12.4. The lowest BCUT2D eigenvalue weighted by atomic mass is 10.1. The van der Waals surface area contributed by atoms with E-state index in [1.807, 2.05) is 30.3 Å². The van der Waals surface area contributed by atoms with Gasteiger partial charge in [0.1, 0.15) is 12.7 Å². The van der Waals surface area contributed by atoms with Crippen molar-refractivity contribution in [1.29, 1.82) is 0 Å². The van der Waals surface area contributed by atoms with Gasteiger partial charge in [0.05, 0.1) is 6.10 Å². The van der Waals surface area contributed by atoms with E-state index in [4.69, 9.17) is 14.2 Å². The summed E-state index contributed by atoms with van der Waals surface area (Å²) in [5.41, 5.74) is 0.0971. The summed E-state index contributed by atoms with van der Waals surface area (Å²) < 4.78 is 17.3. The molecule has 1 N–H and O–H groups in total. The first kappa shape index (κ1) is 20.5. The van der Waals surface area contributed by atoms with Crippen LogP contribution in [0.2, 0.25) is 0 Å². The zero-order valence-electron chi connectivity index (χ0n) is 16.1. The van der Waals surface area contributed by atoms with Gasteiger partial charge in [-0.05, 0) is 5.56 Å². The number of aromatic nitrogens is 2. The van der Waals surface area contributed by atoms with E-state index >= 15 is 0 Å². The molecule has 2 aromatic rings. The zero-order valence-corrected chi connectivity index (χ0v) is 16.1. The van der Waals surface area contributed by atoms with E-state index in [0.29, 0.717) is 12.0 Å². The Morgan fingerprint density at radius 3 is 2.55 bits per heavy atom. The lowest BCUT2D eigenvalue weighted by Crippen LogP contribution is -2.38. The fourth-order valence-corrected chi connectivity index (χ4v) is 3.26. The van der Waals surface area contributed by atoms with Crippen LogP contribution in [0.5, 0.6) is 0 Å². The molecule has 1 aliphatic heterocycles. The second-order valence-electron chi connectivity index (χ2n) is 6.82. The van der Waals surface area contributed by atoms with Gasteiger partial charge in [-0.3, -0.25) is 23.9 Å². The monoisotopic (exact) mass is 402 g/mol. The summed E-state index contributed by atoms with van der Waals surface area (Å²) in [5.74, 6) is -0.994. The summed E-state index contributed by atoms with van der Waals surface area (Å²) in [7, 11) is 0. The molecular weight excluding hydrogens is 380 g/mol. The Balaban J connectivity index is 1.90. The highest BCUT2D eigenvalue weighted by Crippen LogP contribution is 2.30. The van der Waals surface area contributed by atoms with Crippen LogP contribution >= 0.6 is 0 Å². The van der Waals surface area contributed by atoms with Gasteiger partial charge in [-0.15, -0.1) is 0 Å². The van der Waals surface area contributed by atoms with Gasteiger partial charge < -0.3 is 14.2 Å². The number of hydrogen-bond acceptors (Lipinski definition) is 7. The number of carbonyl (C=O) groups is 2. The Labute approximate surface area is 166 Å². The number of esters is 2. The molecule has 1 aliphatic rings.